The predicted octanol–water partition coefficient (Wildman–Crippen LogP) is -0.781. The lowest BCUT2D eigenvalue weighted by atomic mass is 10.1. The summed E-state index contributed by atoms with van der Waals surface area (Å²) in [6.07, 6.45) is -0.298. The first-order valence-electron chi connectivity index (χ1n) is 7.60. The molecule has 2 rings (SSSR count). The maximum absolute atomic E-state index is 12.4. The molecule has 1 aliphatic rings. The van der Waals surface area contributed by atoms with Crippen molar-refractivity contribution >= 4 is 5.91 Å². The zero-order valence-corrected chi connectivity index (χ0v) is 12.7. The molecular weight excluding hydrogens is 284 g/mol. The molecule has 0 bridgehead atoms. The summed E-state index contributed by atoms with van der Waals surface area (Å²) in [5.74, 6) is -0.0124. The molecule has 0 unspecified atom stereocenters. The molecule has 3 N–H and O–H groups in total. The van der Waals surface area contributed by atoms with E-state index in [-0.39, 0.29) is 19.1 Å². The number of amides is 1. The summed E-state index contributed by atoms with van der Waals surface area (Å²) in [7, 11) is 0. The third-order valence-corrected chi connectivity index (χ3v) is 3.92. The van der Waals surface area contributed by atoms with E-state index in [4.69, 9.17) is 10.2 Å². The van der Waals surface area contributed by atoms with Crippen LogP contribution < -0.4 is 0 Å². The van der Waals surface area contributed by atoms with Crippen LogP contribution in [0.3, 0.4) is 0 Å². The number of carbonyl (C=O) groups is 1. The van der Waals surface area contributed by atoms with Crippen molar-refractivity contribution in [3.8, 4) is 0 Å². The van der Waals surface area contributed by atoms with Crippen LogP contribution in [0, 0.1) is 0 Å². The van der Waals surface area contributed by atoms with Crippen LogP contribution in [0.25, 0.3) is 0 Å². The van der Waals surface area contributed by atoms with Crippen molar-refractivity contribution < 1.29 is 20.1 Å². The summed E-state index contributed by atoms with van der Waals surface area (Å²) in [6.45, 7) is 2.59. The van der Waals surface area contributed by atoms with E-state index in [1.807, 2.05) is 29.2 Å². The highest BCUT2D eigenvalue weighted by Gasteiger charge is 2.24. The first-order chi connectivity index (χ1) is 10.6. The van der Waals surface area contributed by atoms with Crippen LogP contribution >= 0.6 is 0 Å². The van der Waals surface area contributed by atoms with E-state index in [1.165, 1.54) is 0 Å². The molecule has 1 heterocycles. The van der Waals surface area contributed by atoms with Crippen molar-refractivity contribution in [1.29, 1.82) is 0 Å². The fourth-order valence-electron chi connectivity index (χ4n) is 2.67. The van der Waals surface area contributed by atoms with Crippen molar-refractivity contribution in [2.45, 2.75) is 19.1 Å². The molecule has 6 heteroatoms. The van der Waals surface area contributed by atoms with Gasteiger partial charge in [-0.2, -0.15) is 0 Å². The summed E-state index contributed by atoms with van der Waals surface area (Å²) < 4.78 is 0. The average Bonchev–Trinajstić information content (AvgIpc) is 2.70. The Morgan fingerprint density at radius 1 is 1.09 bits per heavy atom. The molecule has 1 amide bonds. The minimum atomic E-state index is -0.588. The van der Waals surface area contributed by atoms with E-state index < -0.39 is 6.10 Å². The number of rotatable bonds is 5. The van der Waals surface area contributed by atoms with Gasteiger partial charge >= 0.3 is 0 Å². The Bertz CT molecular complexity index is 478. The lowest BCUT2D eigenvalue weighted by molar-refractivity contribution is -0.131. The molecule has 0 spiro atoms. The summed E-state index contributed by atoms with van der Waals surface area (Å²) >= 11 is 0. The Hall–Kier alpha value is -1.47. The Kier molecular flexibility index (Phi) is 6.33. The average molecular weight is 308 g/mol. The van der Waals surface area contributed by atoms with E-state index in [0.717, 1.165) is 11.1 Å². The van der Waals surface area contributed by atoms with Crippen LogP contribution in [0.15, 0.2) is 24.3 Å². The molecule has 1 aliphatic heterocycles. The minimum Gasteiger partial charge on any atom is -0.395 e. The lowest BCUT2D eigenvalue weighted by Gasteiger charge is -2.22. The van der Waals surface area contributed by atoms with Gasteiger partial charge in [0, 0.05) is 32.7 Å². The molecule has 0 radical (unpaired) electrons. The van der Waals surface area contributed by atoms with E-state index in [0.29, 0.717) is 39.1 Å². The van der Waals surface area contributed by atoms with Crippen LogP contribution in [-0.2, 0) is 17.8 Å². The molecule has 1 aromatic rings. The third-order valence-electron chi connectivity index (χ3n) is 3.92. The Morgan fingerprint density at radius 3 is 2.41 bits per heavy atom. The van der Waals surface area contributed by atoms with E-state index in [2.05, 4.69) is 0 Å². The SMILES string of the molecule is O=C(Cc1ccc(CO)cc1)N1CCN(CCO)C[C@@H](O)C1. The summed E-state index contributed by atoms with van der Waals surface area (Å²) in [5, 5.41) is 28.0. The van der Waals surface area contributed by atoms with Crippen LogP contribution in [0.5, 0.6) is 0 Å². The topological polar surface area (TPSA) is 84.2 Å². The van der Waals surface area contributed by atoms with Crippen molar-refractivity contribution in [3.05, 3.63) is 35.4 Å². The Labute approximate surface area is 130 Å². The molecule has 1 aromatic carbocycles. The highest BCUT2D eigenvalue weighted by atomic mass is 16.3. The second-order valence-corrected chi connectivity index (χ2v) is 5.67. The van der Waals surface area contributed by atoms with Crippen LogP contribution in [-0.4, -0.2) is 76.5 Å². The second kappa shape index (κ2) is 8.24. The molecule has 0 aliphatic carbocycles. The first-order valence-corrected chi connectivity index (χ1v) is 7.60. The fourth-order valence-corrected chi connectivity index (χ4v) is 2.67. The van der Waals surface area contributed by atoms with Crippen molar-refractivity contribution in [3.63, 3.8) is 0 Å². The maximum Gasteiger partial charge on any atom is 0.227 e. The summed E-state index contributed by atoms with van der Waals surface area (Å²) in [5.41, 5.74) is 1.72. The lowest BCUT2D eigenvalue weighted by Crippen LogP contribution is -2.38. The number of benzene rings is 1. The first kappa shape index (κ1) is 16.9. The van der Waals surface area contributed by atoms with Crippen molar-refractivity contribution in [1.82, 2.24) is 9.80 Å². The minimum absolute atomic E-state index is 0.00671. The highest BCUT2D eigenvalue weighted by molar-refractivity contribution is 5.78. The number of hydrogen-bond donors (Lipinski definition) is 3. The van der Waals surface area contributed by atoms with Gasteiger partial charge in [-0.05, 0) is 11.1 Å². The number of nitrogens with zero attached hydrogens (tertiary/aromatic N) is 2. The standard InChI is InChI=1S/C16H24N2O4/c19-8-7-17-5-6-18(11-15(21)10-17)16(22)9-13-1-3-14(12-20)4-2-13/h1-4,15,19-21H,5-12H2/t15-/m1/s1. The van der Waals surface area contributed by atoms with Gasteiger partial charge in [0.25, 0.3) is 0 Å². The number of carbonyl (C=O) groups excluding carboxylic acids is 1. The molecule has 22 heavy (non-hydrogen) atoms. The smallest absolute Gasteiger partial charge is 0.227 e. The quantitative estimate of drug-likeness (QED) is 0.664. The van der Waals surface area contributed by atoms with Gasteiger partial charge in [-0.1, -0.05) is 24.3 Å². The van der Waals surface area contributed by atoms with Gasteiger partial charge in [0.2, 0.25) is 5.91 Å². The zero-order valence-electron chi connectivity index (χ0n) is 12.7. The molecular formula is C16H24N2O4. The van der Waals surface area contributed by atoms with Gasteiger partial charge in [-0.3, -0.25) is 9.69 Å². The van der Waals surface area contributed by atoms with E-state index in [9.17, 15) is 9.90 Å². The van der Waals surface area contributed by atoms with E-state index >= 15 is 0 Å². The number of aliphatic hydroxyl groups excluding tert-OH is 3. The molecule has 6 nitrogen and oxygen atoms in total. The fraction of sp³-hybridized carbons (Fsp3) is 0.562. The molecule has 0 aromatic heterocycles. The van der Waals surface area contributed by atoms with Crippen LogP contribution in [0.2, 0.25) is 0 Å². The van der Waals surface area contributed by atoms with Gasteiger partial charge < -0.3 is 20.2 Å². The Balaban J connectivity index is 1.93. The molecule has 0 saturated carbocycles. The number of aliphatic hydroxyl groups is 3. The van der Waals surface area contributed by atoms with Gasteiger partial charge in [-0.25, -0.2) is 0 Å². The van der Waals surface area contributed by atoms with Crippen molar-refractivity contribution in [2.75, 3.05) is 39.3 Å². The highest BCUT2D eigenvalue weighted by Crippen LogP contribution is 2.09. The summed E-state index contributed by atoms with van der Waals surface area (Å²) in [6, 6.07) is 7.30. The van der Waals surface area contributed by atoms with Crippen molar-refractivity contribution in [2.24, 2.45) is 0 Å². The third kappa shape index (κ3) is 4.78. The van der Waals surface area contributed by atoms with Gasteiger partial charge in [-0.15, -0.1) is 0 Å². The van der Waals surface area contributed by atoms with Crippen LogP contribution in [0.1, 0.15) is 11.1 Å². The number of hydrogen-bond acceptors (Lipinski definition) is 5. The van der Waals surface area contributed by atoms with Crippen LogP contribution in [0.4, 0.5) is 0 Å². The van der Waals surface area contributed by atoms with Gasteiger partial charge in [0.1, 0.15) is 0 Å². The zero-order chi connectivity index (χ0) is 15.9. The Morgan fingerprint density at radius 2 is 1.77 bits per heavy atom. The largest absolute Gasteiger partial charge is 0.395 e. The number of β-amino-alcohol motifs (C(OH)–C–C–N with tert-alkyl or cyclic N) is 2. The van der Waals surface area contributed by atoms with Gasteiger partial charge in [0.15, 0.2) is 0 Å². The molecule has 1 saturated heterocycles. The van der Waals surface area contributed by atoms with Gasteiger partial charge in [0.05, 0.1) is 25.7 Å². The normalized spacial score (nSPS) is 20.0. The monoisotopic (exact) mass is 308 g/mol. The molecule has 1 fully saturated rings. The second-order valence-electron chi connectivity index (χ2n) is 5.67. The van der Waals surface area contributed by atoms with E-state index in [1.54, 1.807) is 4.90 Å². The molecule has 122 valence electrons. The maximum atomic E-state index is 12.4. The molecule has 1 atom stereocenters. The predicted molar refractivity (Wildman–Crippen MR) is 82.2 cm³/mol. The summed E-state index contributed by atoms with van der Waals surface area (Å²) in [4.78, 5) is 16.0.